The van der Waals surface area contributed by atoms with Gasteiger partial charge in [-0.25, -0.2) is 9.69 Å². The third-order valence-electron chi connectivity index (χ3n) is 6.67. The van der Waals surface area contributed by atoms with Crippen molar-refractivity contribution in [2.45, 2.75) is 31.4 Å². The summed E-state index contributed by atoms with van der Waals surface area (Å²) in [5.41, 5.74) is 2.49. The highest BCUT2D eigenvalue weighted by Gasteiger charge is 2.54. The van der Waals surface area contributed by atoms with Crippen molar-refractivity contribution >= 4 is 77.7 Å². The maximum absolute atomic E-state index is 13.6. The van der Waals surface area contributed by atoms with Crippen LogP contribution >= 0.6 is 43.5 Å². The van der Waals surface area contributed by atoms with E-state index >= 15 is 0 Å². The van der Waals surface area contributed by atoms with E-state index in [1.807, 2.05) is 0 Å². The molecule has 0 aromatic heterocycles. The van der Waals surface area contributed by atoms with Crippen LogP contribution in [0.1, 0.15) is 18.5 Å². The number of carbonyl (C=O) groups is 2. The first-order valence-corrected chi connectivity index (χ1v) is 15.1. The van der Waals surface area contributed by atoms with Crippen molar-refractivity contribution in [1.82, 2.24) is 4.90 Å². The number of carbonyl (C=O) groups excluding carboxylic acids is 2. The first kappa shape index (κ1) is 35.2. The van der Waals surface area contributed by atoms with Crippen LogP contribution in [-0.4, -0.2) is 52.8 Å². The van der Waals surface area contributed by atoms with Gasteiger partial charge in [0.15, 0.2) is 0 Å². The minimum atomic E-state index is -4.72. The van der Waals surface area contributed by atoms with E-state index < -0.39 is 53.2 Å². The van der Waals surface area contributed by atoms with E-state index in [0.29, 0.717) is 16.9 Å². The van der Waals surface area contributed by atoms with Crippen LogP contribution in [0.25, 0.3) is 0 Å². The number of hydrogen-bond acceptors (Lipinski definition) is 7. The predicted octanol–water partition coefficient (Wildman–Crippen LogP) is 8.89. The van der Waals surface area contributed by atoms with Crippen LogP contribution in [0, 0.1) is 5.92 Å². The number of nitrogens with one attached hydrogen (secondary N) is 1. The molecule has 2 aliphatic heterocycles. The number of amides is 2. The van der Waals surface area contributed by atoms with Gasteiger partial charge in [0.1, 0.15) is 24.4 Å². The summed E-state index contributed by atoms with van der Waals surface area (Å²) in [6.45, 7) is 1.22. The van der Waals surface area contributed by atoms with Gasteiger partial charge in [0.25, 0.3) is 5.91 Å². The number of rotatable bonds is 5. The van der Waals surface area contributed by atoms with Crippen molar-refractivity contribution in [2.24, 2.45) is 16.1 Å². The lowest BCUT2D eigenvalue weighted by Gasteiger charge is -2.30. The van der Waals surface area contributed by atoms with E-state index in [9.17, 15) is 35.9 Å². The van der Waals surface area contributed by atoms with Gasteiger partial charge in [0.05, 0.1) is 11.4 Å². The van der Waals surface area contributed by atoms with Crippen molar-refractivity contribution in [3.63, 3.8) is 0 Å². The van der Waals surface area contributed by atoms with E-state index in [1.165, 1.54) is 6.92 Å². The molecule has 46 heavy (non-hydrogen) atoms. The third kappa shape index (κ3) is 8.39. The Balaban J connectivity index is 0.000000270. The molecule has 2 heterocycles. The summed E-state index contributed by atoms with van der Waals surface area (Å²) >= 11 is 11.4. The number of anilines is 2. The second-order valence-corrected chi connectivity index (χ2v) is 12.0. The van der Waals surface area contributed by atoms with Crippen LogP contribution < -0.4 is 10.4 Å². The molecule has 5 rings (SSSR count). The zero-order chi connectivity index (χ0) is 33.8. The fraction of sp³-hybridized carbons (Fsp3) is 0.241. The fourth-order valence-corrected chi connectivity index (χ4v) is 5.08. The maximum atomic E-state index is 13.6. The molecule has 1 N–H and O–H groups in total. The average Bonchev–Trinajstić information content (AvgIpc) is 3.57. The Bertz CT molecular complexity index is 1610. The Hall–Kier alpha value is -3.63. The number of hydrazone groups is 2. The molecule has 1 fully saturated rings. The number of alkyl halides is 6. The highest BCUT2D eigenvalue weighted by atomic mass is 79.9. The quantitative estimate of drug-likeness (QED) is 0.159. The smallest absolute Gasteiger partial charge is 0.446 e. The number of cyclic esters (lactones) is 1. The molecule has 8 nitrogen and oxygen atoms in total. The molecule has 0 aliphatic carbocycles. The van der Waals surface area contributed by atoms with Crippen molar-refractivity contribution in [1.29, 1.82) is 0 Å². The minimum absolute atomic E-state index is 0.0685. The fourth-order valence-electron chi connectivity index (χ4n) is 4.51. The number of hydrogen-bond donors (Lipinski definition) is 1. The summed E-state index contributed by atoms with van der Waals surface area (Å²) in [5.74, 6) is -2.09. The summed E-state index contributed by atoms with van der Waals surface area (Å²) in [6.07, 6.45) is -10.2. The second-order valence-electron chi connectivity index (χ2n) is 9.77. The van der Waals surface area contributed by atoms with Crippen molar-refractivity contribution in [3.05, 3.63) is 93.4 Å². The highest BCUT2D eigenvalue weighted by Crippen LogP contribution is 2.38. The number of benzene rings is 3. The molecule has 17 heteroatoms. The molecule has 0 radical (unpaired) electrons. The highest BCUT2D eigenvalue weighted by molar-refractivity contribution is 9.10. The van der Waals surface area contributed by atoms with Gasteiger partial charge in [-0.15, -0.1) is 0 Å². The number of nitrogens with zero attached hydrogens (tertiary/aromatic N) is 4. The number of imide groups is 1. The maximum Gasteiger partial charge on any atom is 0.446 e. The summed E-state index contributed by atoms with van der Waals surface area (Å²) in [5, 5.41) is 6.33. The number of ether oxygens (including phenoxy) is 1. The van der Waals surface area contributed by atoms with Crippen LogP contribution in [0.15, 0.2) is 98.0 Å². The first-order chi connectivity index (χ1) is 21.6. The SMILES string of the molecule is C[C@@H]1C(C(F)(F)F)=NN(c2ccc(Br)cc2)[C@H]1C(=O)N1C(=O)OC[C@@H]1c1ccccc1.FC(F)(F)/C(Cl)=N/Nc1ccc(Br)cc1. The lowest BCUT2D eigenvalue weighted by Crippen LogP contribution is -2.50. The molecule has 244 valence electrons. The molecule has 0 bridgehead atoms. The molecule has 3 aromatic rings. The summed E-state index contributed by atoms with van der Waals surface area (Å²) < 4.78 is 83.2. The number of halogens is 9. The van der Waals surface area contributed by atoms with Gasteiger partial charge >= 0.3 is 18.4 Å². The van der Waals surface area contributed by atoms with Crippen LogP contribution in [0.4, 0.5) is 42.5 Å². The lowest BCUT2D eigenvalue weighted by atomic mass is 9.95. The van der Waals surface area contributed by atoms with Gasteiger partial charge < -0.3 is 4.74 Å². The summed E-state index contributed by atoms with van der Waals surface area (Å²) in [4.78, 5) is 26.8. The zero-order valence-corrected chi connectivity index (χ0v) is 27.3. The molecule has 0 saturated carbocycles. The standard InChI is InChI=1S/C21H17BrF3N3O3.C8H5BrClF3N2/c1-12-17(19(29)27-16(11-31-20(27)30)13-5-3-2-4-6-13)28(26-18(12)21(23,24)25)15-9-7-14(22)8-10-15;9-5-1-3-6(4-2-5)14-15-7(10)8(11,12)13/h2-10,12,16-17H,11H2,1H3;1-4,14H/b;15-7-/t12-,16+,17+;/m0./s1. The van der Waals surface area contributed by atoms with Crippen molar-refractivity contribution in [2.75, 3.05) is 17.0 Å². The summed E-state index contributed by atoms with van der Waals surface area (Å²) in [7, 11) is 0. The van der Waals surface area contributed by atoms with Gasteiger partial charge in [-0.3, -0.25) is 15.2 Å². The Morgan fingerprint density at radius 2 is 1.52 bits per heavy atom. The van der Waals surface area contributed by atoms with Crippen LogP contribution in [0.5, 0.6) is 0 Å². The Morgan fingerprint density at radius 3 is 2.07 bits per heavy atom. The molecule has 0 unspecified atom stereocenters. The molecule has 3 atom stereocenters. The second kappa shape index (κ2) is 14.4. The summed E-state index contributed by atoms with van der Waals surface area (Å²) in [6, 6.07) is 19.5. The van der Waals surface area contributed by atoms with Crippen molar-refractivity contribution in [3.8, 4) is 0 Å². The van der Waals surface area contributed by atoms with E-state index in [1.54, 1.807) is 78.9 Å². The minimum Gasteiger partial charge on any atom is -0.446 e. The third-order valence-corrected chi connectivity index (χ3v) is 8.03. The molecule has 0 spiro atoms. The van der Waals surface area contributed by atoms with Crippen LogP contribution in [0.3, 0.4) is 0 Å². The van der Waals surface area contributed by atoms with Crippen molar-refractivity contribution < 1.29 is 40.7 Å². The Labute approximate surface area is 280 Å². The molecule has 2 amide bonds. The van der Waals surface area contributed by atoms with Crippen LogP contribution in [-0.2, 0) is 9.53 Å². The topological polar surface area (TPSA) is 86.6 Å². The Kier molecular flexibility index (Phi) is 11.0. The van der Waals surface area contributed by atoms with Gasteiger partial charge in [-0.2, -0.15) is 36.5 Å². The largest absolute Gasteiger partial charge is 0.446 e. The molecular weight excluding hydrogens is 776 g/mol. The lowest BCUT2D eigenvalue weighted by molar-refractivity contribution is -0.131. The van der Waals surface area contributed by atoms with E-state index in [0.717, 1.165) is 18.9 Å². The molecule has 3 aromatic carbocycles. The monoisotopic (exact) mass is 795 g/mol. The van der Waals surface area contributed by atoms with Gasteiger partial charge in [-0.05, 0) is 54.1 Å². The van der Waals surface area contributed by atoms with Gasteiger partial charge in [0.2, 0.25) is 5.17 Å². The van der Waals surface area contributed by atoms with E-state index in [4.69, 9.17) is 16.3 Å². The zero-order valence-electron chi connectivity index (χ0n) is 23.4. The molecule has 2 aliphatic rings. The van der Waals surface area contributed by atoms with Gasteiger partial charge in [-0.1, -0.05) is 80.7 Å². The Morgan fingerprint density at radius 1 is 0.957 bits per heavy atom. The normalized spacial score (nSPS) is 20.1. The van der Waals surface area contributed by atoms with E-state index in [2.05, 4.69) is 47.5 Å². The predicted molar refractivity (Wildman–Crippen MR) is 168 cm³/mol. The first-order valence-electron chi connectivity index (χ1n) is 13.1. The van der Waals surface area contributed by atoms with E-state index in [-0.39, 0.29) is 6.61 Å². The van der Waals surface area contributed by atoms with Gasteiger partial charge in [0, 0.05) is 14.9 Å². The molecule has 1 saturated heterocycles. The van der Waals surface area contributed by atoms with Crippen LogP contribution in [0.2, 0.25) is 0 Å². The molecular formula is C29H22Br2ClF6N5O3. The average molecular weight is 798 g/mol.